The van der Waals surface area contributed by atoms with Gasteiger partial charge in [-0.1, -0.05) is 11.6 Å². The summed E-state index contributed by atoms with van der Waals surface area (Å²) in [6.45, 7) is 1.47. The molecule has 2 heterocycles. The van der Waals surface area contributed by atoms with Crippen molar-refractivity contribution in [3.05, 3.63) is 28.8 Å². The van der Waals surface area contributed by atoms with E-state index >= 15 is 0 Å². The van der Waals surface area contributed by atoms with Gasteiger partial charge in [0, 0.05) is 36.3 Å². The lowest BCUT2D eigenvalue weighted by Gasteiger charge is -2.31. The van der Waals surface area contributed by atoms with Crippen LogP contribution in [-0.4, -0.2) is 30.7 Å². The van der Waals surface area contributed by atoms with Gasteiger partial charge in [0.1, 0.15) is 0 Å². The zero-order chi connectivity index (χ0) is 14.8. The third-order valence-corrected chi connectivity index (χ3v) is 4.70. The first-order valence-corrected chi connectivity index (χ1v) is 8.03. The molecule has 3 nitrogen and oxygen atoms in total. The molecule has 1 aromatic rings. The Labute approximate surface area is 129 Å². The molecule has 0 spiro atoms. The summed E-state index contributed by atoms with van der Waals surface area (Å²) in [5, 5.41) is 1.52. The van der Waals surface area contributed by atoms with Gasteiger partial charge in [-0.05, 0) is 55.9 Å². The van der Waals surface area contributed by atoms with Gasteiger partial charge in [-0.3, -0.25) is 4.79 Å². The monoisotopic (exact) mass is 310 g/mol. The Balaban J connectivity index is 1.83. The van der Waals surface area contributed by atoms with Gasteiger partial charge < -0.3 is 4.90 Å². The Morgan fingerprint density at radius 2 is 1.95 bits per heavy atom. The summed E-state index contributed by atoms with van der Waals surface area (Å²) in [7, 11) is 0. The topological polar surface area (TPSA) is 23.6 Å². The van der Waals surface area contributed by atoms with E-state index in [1.54, 1.807) is 0 Å². The van der Waals surface area contributed by atoms with E-state index in [2.05, 4.69) is 0 Å². The van der Waals surface area contributed by atoms with E-state index in [0.29, 0.717) is 31.0 Å². The molecular formula is C16H20ClFN2O. The van der Waals surface area contributed by atoms with Crippen LogP contribution in [0.4, 0.5) is 10.2 Å². The molecule has 0 saturated carbocycles. The van der Waals surface area contributed by atoms with Gasteiger partial charge >= 0.3 is 0 Å². The normalized spacial score (nSPS) is 21.0. The number of anilines is 1. The van der Waals surface area contributed by atoms with Crippen molar-refractivity contribution in [2.75, 3.05) is 24.5 Å². The summed E-state index contributed by atoms with van der Waals surface area (Å²) in [4.78, 5) is 14.7. The summed E-state index contributed by atoms with van der Waals surface area (Å²) in [5.74, 6) is 0.0900. The predicted molar refractivity (Wildman–Crippen MR) is 82.1 cm³/mol. The molecule has 1 saturated heterocycles. The summed E-state index contributed by atoms with van der Waals surface area (Å²) in [5.41, 5.74) is 2.14. The lowest BCUT2D eigenvalue weighted by Crippen LogP contribution is -2.41. The molecule has 0 N–H and O–H groups in total. The zero-order valence-corrected chi connectivity index (χ0v) is 12.8. The number of piperidine rings is 1. The van der Waals surface area contributed by atoms with Crippen molar-refractivity contribution < 1.29 is 9.28 Å². The van der Waals surface area contributed by atoms with Crippen molar-refractivity contribution in [2.45, 2.75) is 32.1 Å². The second-order valence-corrected chi connectivity index (χ2v) is 6.34. The molecule has 0 aromatic heterocycles. The molecule has 0 atom stereocenters. The number of benzene rings is 1. The van der Waals surface area contributed by atoms with Gasteiger partial charge in [-0.2, -0.15) is 0 Å². The third kappa shape index (κ3) is 3.22. The van der Waals surface area contributed by atoms with E-state index in [1.807, 2.05) is 23.1 Å². The number of aryl methyl sites for hydroxylation is 1. The number of hydrogen-bond acceptors (Lipinski definition) is 2. The highest BCUT2D eigenvalue weighted by molar-refractivity contribution is 6.30. The minimum Gasteiger partial charge on any atom is -0.312 e. The van der Waals surface area contributed by atoms with E-state index in [1.165, 1.54) is 0 Å². The molecule has 1 fully saturated rings. The number of nitrogens with zero attached hydrogens (tertiary/aromatic N) is 2. The maximum Gasteiger partial charge on any atom is 0.230 e. The van der Waals surface area contributed by atoms with Crippen LogP contribution in [0.2, 0.25) is 5.02 Å². The molecule has 0 unspecified atom stereocenters. The molecule has 3 rings (SSSR count). The quantitative estimate of drug-likeness (QED) is 0.740. The second-order valence-electron chi connectivity index (χ2n) is 5.90. The number of carbonyl (C=O) groups is 1. The molecule has 21 heavy (non-hydrogen) atoms. The smallest absolute Gasteiger partial charge is 0.230 e. The van der Waals surface area contributed by atoms with E-state index < -0.39 is 0 Å². The molecule has 2 aliphatic heterocycles. The van der Waals surface area contributed by atoms with Gasteiger partial charge in [0.15, 0.2) is 0 Å². The largest absolute Gasteiger partial charge is 0.312 e. The standard InChI is InChI=1S/C16H20ClFN2O/c17-14-4-5-15-13(11-14)3-1-2-8-20(15)16(21)12-6-9-19(18)10-7-12/h4-5,11-12H,1-3,6-10H2. The van der Waals surface area contributed by atoms with Gasteiger partial charge in [0.25, 0.3) is 0 Å². The number of rotatable bonds is 1. The highest BCUT2D eigenvalue weighted by Gasteiger charge is 2.30. The van der Waals surface area contributed by atoms with Crippen LogP contribution in [0.3, 0.4) is 0 Å². The minimum atomic E-state index is -0.0568. The first kappa shape index (κ1) is 14.8. The number of amides is 1. The molecule has 114 valence electrons. The lowest BCUT2D eigenvalue weighted by molar-refractivity contribution is -0.125. The van der Waals surface area contributed by atoms with Crippen LogP contribution in [0.25, 0.3) is 0 Å². The van der Waals surface area contributed by atoms with E-state index in [9.17, 15) is 9.28 Å². The fourth-order valence-electron chi connectivity index (χ4n) is 3.27. The Kier molecular flexibility index (Phi) is 4.45. The summed E-state index contributed by atoms with van der Waals surface area (Å²) >= 11 is 6.07. The molecule has 1 amide bonds. The van der Waals surface area contributed by atoms with Gasteiger partial charge in [-0.15, -0.1) is 9.60 Å². The molecule has 5 heteroatoms. The molecule has 0 radical (unpaired) electrons. The number of fused-ring (bicyclic) bond motifs is 1. The van der Waals surface area contributed by atoms with E-state index in [0.717, 1.165) is 42.2 Å². The van der Waals surface area contributed by atoms with Gasteiger partial charge in [0.05, 0.1) is 0 Å². The molecule has 2 aliphatic rings. The average Bonchev–Trinajstić information content (AvgIpc) is 2.69. The Morgan fingerprint density at radius 3 is 2.71 bits per heavy atom. The van der Waals surface area contributed by atoms with Crippen molar-refractivity contribution >= 4 is 23.2 Å². The fraction of sp³-hybridized carbons (Fsp3) is 0.562. The first-order chi connectivity index (χ1) is 10.1. The zero-order valence-electron chi connectivity index (χ0n) is 12.0. The minimum absolute atomic E-state index is 0.0568. The average molecular weight is 311 g/mol. The SMILES string of the molecule is O=C(C1CCN(F)CC1)N1CCCCc2cc(Cl)ccc21. The second kappa shape index (κ2) is 6.32. The Hall–Kier alpha value is -1.13. The number of halogens is 2. The van der Waals surface area contributed by atoms with E-state index in [4.69, 9.17) is 11.6 Å². The molecule has 1 aromatic carbocycles. The Bertz CT molecular complexity index is 529. The summed E-state index contributed by atoms with van der Waals surface area (Å²) < 4.78 is 13.1. The summed E-state index contributed by atoms with van der Waals surface area (Å²) in [6, 6.07) is 5.76. The van der Waals surface area contributed by atoms with Crippen molar-refractivity contribution in [3.63, 3.8) is 0 Å². The van der Waals surface area contributed by atoms with Gasteiger partial charge in [0.2, 0.25) is 5.91 Å². The fourth-order valence-corrected chi connectivity index (χ4v) is 3.46. The van der Waals surface area contributed by atoms with Crippen LogP contribution in [0, 0.1) is 5.92 Å². The lowest BCUT2D eigenvalue weighted by atomic mass is 9.96. The first-order valence-electron chi connectivity index (χ1n) is 7.65. The van der Waals surface area contributed by atoms with Crippen LogP contribution in [0.1, 0.15) is 31.2 Å². The highest BCUT2D eigenvalue weighted by Crippen LogP contribution is 2.31. The van der Waals surface area contributed by atoms with Crippen LogP contribution in [0.15, 0.2) is 18.2 Å². The number of hydrogen-bond donors (Lipinski definition) is 0. The van der Waals surface area contributed by atoms with Crippen LogP contribution in [0.5, 0.6) is 0 Å². The van der Waals surface area contributed by atoms with Gasteiger partial charge in [-0.25, -0.2) is 0 Å². The van der Waals surface area contributed by atoms with Crippen molar-refractivity contribution in [1.29, 1.82) is 0 Å². The van der Waals surface area contributed by atoms with E-state index in [-0.39, 0.29) is 11.8 Å². The van der Waals surface area contributed by atoms with Crippen LogP contribution in [-0.2, 0) is 11.2 Å². The van der Waals surface area contributed by atoms with Crippen molar-refractivity contribution in [2.24, 2.45) is 5.92 Å². The third-order valence-electron chi connectivity index (χ3n) is 4.47. The number of carbonyl (C=O) groups excluding carboxylic acids is 1. The maximum atomic E-state index is 13.1. The molecular weight excluding hydrogens is 291 g/mol. The Morgan fingerprint density at radius 1 is 1.19 bits per heavy atom. The van der Waals surface area contributed by atoms with Crippen LogP contribution < -0.4 is 4.90 Å². The van der Waals surface area contributed by atoms with Crippen molar-refractivity contribution in [3.8, 4) is 0 Å². The molecule has 0 bridgehead atoms. The van der Waals surface area contributed by atoms with Crippen LogP contribution >= 0.6 is 11.6 Å². The predicted octanol–water partition coefficient (Wildman–Crippen LogP) is 3.61. The maximum absolute atomic E-state index is 13.1. The highest BCUT2D eigenvalue weighted by atomic mass is 35.5. The summed E-state index contributed by atoms with van der Waals surface area (Å²) in [6.07, 6.45) is 4.24. The molecule has 0 aliphatic carbocycles. The van der Waals surface area contributed by atoms with Crippen molar-refractivity contribution in [1.82, 2.24) is 5.12 Å².